The molecule has 1 aromatic rings. The minimum atomic E-state index is -1.30. The lowest BCUT2D eigenvalue weighted by atomic mass is 9.81. The second-order valence-corrected chi connectivity index (χ2v) is 4.78. The van der Waals surface area contributed by atoms with E-state index in [1.165, 1.54) is 12.0 Å². The predicted octanol–water partition coefficient (Wildman–Crippen LogP) is 1.04. The summed E-state index contributed by atoms with van der Waals surface area (Å²) in [5, 5.41) is 11.6. The predicted molar refractivity (Wildman–Crippen MR) is 68.2 cm³/mol. The number of nitro groups is 1. The third-order valence-corrected chi connectivity index (χ3v) is 3.62. The number of rotatable bonds is 3. The van der Waals surface area contributed by atoms with Crippen LogP contribution in [-0.2, 0) is 15.1 Å². The summed E-state index contributed by atoms with van der Waals surface area (Å²) in [6, 6.07) is 8.78. The molecule has 1 saturated heterocycles. The van der Waals surface area contributed by atoms with Gasteiger partial charge < -0.3 is 9.64 Å². The molecule has 0 saturated carbocycles. The van der Waals surface area contributed by atoms with Crippen molar-refractivity contribution in [1.82, 2.24) is 4.90 Å². The van der Waals surface area contributed by atoms with Crippen molar-refractivity contribution in [3.63, 3.8) is 0 Å². The molecule has 19 heavy (non-hydrogen) atoms. The van der Waals surface area contributed by atoms with E-state index in [2.05, 4.69) is 0 Å². The highest BCUT2D eigenvalue weighted by Gasteiger charge is 2.53. The molecular weight excluding hydrogens is 248 g/mol. The van der Waals surface area contributed by atoms with E-state index in [0.717, 1.165) is 0 Å². The van der Waals surface area contributed by atoms with E-state index in [1.54, 1.807) is 31.3 Å². The number of carbonyl (C=O) groups excluding carboxylic acids is 1. The van der Waals surface area contributed by atoms with Crippen molar-refractivity contribution in [3.05, 3.63) is 46.0 Å². The molecule has 1 aliphatic rings. The van der Waals surface area contributed by atoms with Crippen molar-refractivity contribution in [2.45, 2.75) is 18.1 Å². The van der Waals surface area contributed by atoms with Gasteiger partial charge >= 0.3 is 0 Å². The number of piperidine rings is 1. The molecule has 0 bridgehead atoms. The first-order valence-corrected chi connectivity index (χ1v) is 5.99. The second kappa shape index (κ2) is 4.97. The molecule has 0 aromatic heterocycles. The molecule has 1 fully saturated rings. The Morgan fingerprint density at radius 3 is 2.58 bits per heavy atom. The molecule has 0 unspecified atom stereocenters. The summed E-state index contributed by atoms with van der Waals surface area (Å²) in [6.07, 6.45) is -0.715. The van der Waals surface area contributed by atoms with Crippen molar-refractivity contribution >= 4 is 5.91 Å². The summed E-state index contributed by atoms with van der Waals surface area (Å²) in [7, 11) is 2.96. The molecule has 0 radical (unpaired) electrons. The lowest BCUT2D eigenvalue weighted by molar-refractivity contribution is -0.584. The Morgan fingerprint density at radius 1 is 1.42 bits per heavy atom. The Bertz CT molecular complexity index is 491. The van der Waals surface area contributed by atoms with Crippen LogP contribution in [-0.4, -0.2) is 42.5 Å². The zero-order chi connectivity index (χ0) is 14.0. The largest absolute Gasteiger partial charge is 0.371 e. The summed E-state index contributed by atoms with van der Waals surface area (Å²) in [5.74, 6) is -0.212. The second-order valence-electron chi connectivity index (χ2n) is 4.78. The highest BCUT2D eigenvalue weighted by Crippen LogP contribution is 2.35. The summed E-state index contributed by atoms with van der Waals surface area (Å²) in [4.78, 5) is 24.5. The van der Waals surface area contributed by atoms with Crippen LogP contribution in [0.25, 0.3) is 0 Å². The van der Waals surface area contributed by atoms with E-state index < -0.39 is 11.6 Å². The van der Waals surface area contributed by atoms with Gasteiger partial charge in [0, 0.05) is 24.6 Å². The number of carbonyl (C=O) groups is 1. The third kappa shape index (κ3) is 2.19. The minimum absolute atomic E-state index is 0.0582. The number of hydrogen-bond donors (Lipinski definition) is 0. The summed E-state index contributed by atoms with van der Waals surface area (Å²) < 4.78 is 5.11. The van der Waals surface area contributed by atoms with Crippen LogP contribution in [0.2, 0.25) is 0 Å². The van der Waals surface area contributed by atoms with Crippen molar-refractivity contribution in [2.75, 3.05) is 20.7 Å². The van der Waals surface area contributed by atoms with Gasteiger partial charge in [0.05, 0.1) is 13.0 Å². The number of benzene rings is 1. The van der Waals surface area contributed by atoms with Gasteiger partial charge in [-0.2, -0.15) is 0 Å². The molecule has 2 atom stereocenters. The normalized spacial score (nSPS) is 27.4. The van der Waals surface area contributed by atoms with Crippen LogP contribution < -0.4 is 0 Å². The van der Waals surface area contributed by atoms with Gasteiger partial charge in [-0.15, -0.1) is 0 Å². The van der Waals surface area contributed by atoms with Crippen molar-refractivity contribution in [1.29, 1.82) is 0 Å². The highest BCUT2D eigenvalue weighted by atomic mass is 16.6. The van der Waals surface area contributed by atoms with Crippen LogP contribution in [0.3, 0.4) is 0 Å². The van der Waals surface area contributed by atoms with Gasteiger partial charge in [0.1, 0.15) is 6.10 Å². The van der Waals surface area contributed by atoms with Gasteiger partial charge in [-0.25, -0.2) is 0 Å². The van der Waals surface area contributed by atoms with Gasteiger partial charge in [-0.3, -0.25) is 14.9 Å². The van der Waals surface area contributed by atoms with E-state index in [9.17, 15) is 14.9 Å². The Kier molecular flexibility index (Phi) is 3.53. The van der Waals surface area contributed by atoms with Gasteiger partial charge in [-0.05, 0) is 0 Å². The summed E-state index contributed by atoms with van der Waals surface area (Å²) in [5.41, 5.74) is -0.702. The molecule has 1 aromatic carbocycles. The van der Waals surface area contributed by atoms with Gasteiger partial charge in [-0.1, -0.05) is 30.3 Å². The van der Waals surface area contributed by atoms with Crippen LogP contribution in [0, 0.1) is 10.1 Å². The molecule has 0 N–H and O–H groups in total. The van der Waals surface area contributed by atoms with E-state index in [4.69, 9.17) is 4.74 Å². The Balaban J connectivity index is 2.46. The molecule has 6 nitrogen and oxygen atoms in total. The summed E-state index contributed by atoms with van der Waals surface area (Å²) in [6.45, 7) is 0.0582. The fourth-order valence-electron chi connectivity index (χ4n) is 2.55. The Labute approximate surface area is 111 Å². The van der Waals surface area contributed by atoms with Crippen molar-refractivity contribution in [2.24, 2.45) is 0 Å². The number of hydrogen-bond acceptors (Lipinski definition) is 4. The van der Waals surface area contributed by atoms with E-state index in [-0.39, 0.29) is 23.8 Å². The number of amides is 1. The lowest BCUT2D eigenvalue weighted by Gasteiger charge is -2.38. The SMILES string of the molecule is CO[C@H]1C[C@@](c2ccccc2)([N+](=O)[O-])CN(C)C1=O. The van der Waals surface area contributed by atoms with Gasteiger partial charge in [0.25, 0.3) is 11.4 Å². The minimum Gasteiger partial charge on any atom is -0.371 e. The number of ether oxygens (including phenoxy) is 1. The molecule has 0 aliphatic carbocycles. The monoisotopic (exact) mass is 264 g/mol. The summed E-state index contributed by atoms with van der Waals surface area (Å²) >= 11 is 0. The van der Waals surface area contributed by atoms with Crippen molar-refractivity contribution in [3.8, 4) is 0 Å². The molecular formula is C13H16N2O4. The number of methoxy groups -OCH3 is 1. The standard InChI is InChI=1S/C13H16N2O4/c1-14-9-13(15(17)18,8-11(19-2)12(14)16)10-6-4-3-5-7-10/h3-7,11H,8-9H2,1-2H3/t11-,13+/m0/s1. The molecule has 0 spiro atoms. The quantitative estimate of drug-likeness (QED) is 0.604. The van der Waals surface area contributed by atoms with Crippen LogP contribution in [0.5, 0.6) is 0 Å². The van der Waals surface area contributed by atoms with Crippen LogP contribution >= 0.6 is 0 Å². The zero-order valence-electron chi connectivity index (χ0n) is 10.9. The topological polar surface area (TPSA) is 72.7 Å². The molecule has 6 heteroatoms. The molecule has 2 rings (SSSR count). The van der Waals surface area contributed by atoms with Gasteiger partial charge in [0.15, 0.2) is 0 Å². The fourth-order valence-corrected chi connectivity index (χ4v) is 2.55. The van der Waals surface area contributed by atoms with Crippen LogP contribution in [0.15, 0.2) is 30.3 Å². The highest BCUT2D eigenvalue weighted by molar-refractivity contribution is 5.82. The van der Waals surface area contributed by atoms with Crippen molar-refractivity contribution < 1.29 is 14.5 Å². The average molecular weight is 264 g/mol. The molecule has 1 heterocycles. The first kappa shape index (κ1) is 13.5. The fraction of sp³-hybridized carbons (Fsp3) is 0.462. The van der Waals surface area contributed by atoms with E-state index in [0.29, 0.717) is 5.56 Å². The zero-order valence-corrected chi connectivity index (χ0v) is 10.9. The van der Waals surface area contributed by atoms with E-state index >= 15 is 0 Å². The smallest absolute Gasteiger partial charge is 0.267 e. The number of likely N-dealkylation sites (tertiary alicyclic amines) is 1. The average Bonchev–Trinajstić information content (AvgIpc) is 2.42. The molecule has 1 aliphatic heterocycles. The maximum atomic E-state index is 11.9. The maximum Gasteiger partial charge on any atom is 0.267 e. The molecule has 1 amide bonds. The van der Waals surface area contributed by atoms with E-state index in [1.807, 2.05) is 6.07 Å². The Hall–Kier alpha value is -1.95. The van der Waals surface area contributed by atoms with Gasteiger partial charge in [0.2, 0.25) is 0 Å². The molecule has 102 valence electrons. The number of likely N-dealkylation sites (N-methyl/N-ethyl adjacent to an activating group) is 1. The Morgan fingerprint density at radius 2 is 2.05 bits per heavy atom. The first-order chi connectivity index (χ1) is 9.01. The third-order valence-electron chi connectivity index (χ3n) is 3.62. The lowest BCUT2D eigenvalue weighted by Crippen LogP contribution is -2.57. The maximum absolute atomic E-state index is 11.9. The number of nitrogens with zero attached hydrogens (tertiary/aromatic N) is 2. The first-order valence-electron chi connectivity index (χ1n) is 5.99. The van der Waals surface area contributed by atoms with Crippen LogP contribution in [0.1, 0.15) is 12.0 Å². The van der Waals surface area contributed by atoms with Crippen LogP contribution in [0.4, 0.5) is 0 Å².